The van der Waals surface area contributed by atoms with Crippen LogP contribution in [0.15, 0.2) is 42.7 Å². The number of nitrogens with zero attached hydrogens (tertiary/aromatic N) is 3. The van der Waals surface area contributed by atoms with Gasteiger partial charge in [-0.1, -0.05) is 32.9 Å². The fourth-order valence-electron chi connectivity index (χ4n) is 4.01. The Morgan fingerprint density at radius 1 is 1.24 bits per heavy atom. The first-order valence-electron chi connectivity index (χ1n) is 10.9. The number of hydrogen-bond donors (Lipinski definition) is 1. The summed E-state index contributed by atoms with van der Waals surface area (Å²) < 4.78 is 71.0. The second-order valence-electron chi connectivity index (χ2n) is 9.85. The third kappa shape index (κ3) is 4.95. The van der Waals surface area contributed by atoms with Gasteiger partial charge in [-0.2, -0.15) is 23.2 Å². The molecule has 3 aromatic rings. The van der Waals surface area contributed by atoms with Crippen LogP contribution in [0, 0.1) is 16.7 Å². The Kier molecular flexibility index (Phi) is 5.98. The number of aromatic nitrogens is 2. The molecular formula is C24H25F3N4O2S. The monoisotopic (exact) mass is 490 g/mol. The number of rotatable bonds is 6. The molecule has 1 aliphatic carbocycles. The molecule has 1 aromatic carbocycles. The summed E-state index contributed by atoms with van der Waals surface area (Å²) in [4.78, 5) is 4.28. The van der Waals surface area contributed by atoms with Gasteiger partial charge in [0, 0.05) is 41.0 Å². The van der Waals surface area contributed by atoms with Crippen LogP contribution in [0.5, 0.6) is 0 Å². The molecule has 0 spiro atoms. The highest BCUT2D eigenvalue weighted by Gasteiger charge is 2.47. The van der Waals surface area contributed by atoms with Crippen LogP contribution >= 0.6 is 0 Å². The van der Waals surface area contributed by atoms with E-state index in [0.717, 1.165) is 0 Å². The molecule has 1 aliphatic rings. The standard InChI is InChI=1S/C24H25F3N4O2S/c1-23(2,3)14-31-13-19(22(24(25,26)27)30-34(32,33)17-7-8-17)18-9-6-15(11-20(18)31)21-16(12-28)5-4-10-29-21/h4-6,9-11,13,17,22,30H,7-8,14H2,1-3H3. The number of alkyl halides is 3. The summed E-state index contributed by atoms with van der Waals surface area (Å²) in [6.07, 6.45) is -1.17. The number of hydrogen-bond acceptors (Lipinski definition) is 4. The van der Waals surface area contributed by atoms with Crippen molar-refractivity contribution in [3.05, 3.63) is 53.9 Å². The number of halogens is 3. The first-order valence-corrected chi connectivity index (χ1v) is 12.4. The van der Waals surface area contributed by atoms with E-state index in [1.54, 1.807) is 41.1 Å². The van der Waals surface area contributed by atoms with Gasteiger partial charge in [0.15, 0.2) is 0 Å². The molecular weight excluding hydrogens is 465 g/mol. The van der Waals surface area contributed by atoms with Gasteiger partial charge in [0.25, 0.3) is 0 Å². The van der Waals surface area contributed by atoms with Gasteiger partial charge in [-0.25, -0.2) is 8.42 Å². The molecule has 0 saturated heterocycles. The first kappa shape index (κ1) is 24.2. The van der Waals surface area contributed by atoms with Crippen molar-refractivity contribution in [3.8, 4) is 17.3 Å². The summed E-state index contributed by atoms with van der Waals surface area (Å²) in [5.74, 6) is 0. The summed E-state index contributed by atoms with van der Waals surface area (Å²) in [5.41, 5.74) is 1.47. The van der Waals surface area contributed by atoms with Gasteiger partial charge in [-0.3, -0.25) is 4.98 Å². The zero-order chi connectivity index (χ0) is 24.9. The second kappa shape index (κ2) is 8.40. The van der Waals surface area contributed by atoms with Gasteiger partial charge in [0.1, 0.15) is 12.1 Å². The molecule has 180 valence electrons. The predicted molar refractivity (Wildman–Crippen MR) is 123 cm³/mol. The summed E-state index contributed by atoms with van der Waals surface area (Å²) >= 11 is 0. The molecule has 10 heteroatoms. The largest absolute Gasteiger partial charge is 0.408 e. The lowest BCUT2D eigenvalue weighted by molar-refractivity contribution is -0.152. The highest BCUT2D eigenvalue weighted by molar-refractivity contribution is 7.90. The molecule has 4 rings (SSSR count). The van der Waals surface area contributed by atoms with E-state index in [0.29, 0.717) is 47.1 Å². The van der Waals surface area contributed by atoms with Gasteiger partial charge in [-0.05, 0) is 36.5 Å². The minimum Gasteiger partial charge on any atom is -0.347 e. The topological polar surface area (TPSA) is 87.8 Å². The van der Waals surface area contributed by atoms with Crippen LogP contribution < -0.4 is 4.72 Å². The van der Waals surface area contributed by atoms with Crippen molar-refractivity contribution in [2.45, 2.75) is 57.6 Å². The Labute approximate surface area is 196 Å². The third-order valence-corrected chi connectivity index (χ3v) is 7.56. The lowest BCUT2D eigenvalue weighted by Crippen LogP contribution is -2.39. The highest BCUT2D eigenvalue weighted by Crippen LogP contribution is 2.41. The Hall–Kier alpha value is -2.90. The summed E-state index contributed by atoms with van der Waals surface area (Å²) in [6, 6.07) is 7.84. The number of sulfonamides is 1. The van der Waals surface area contributed by atoms with Crippen LogP contribution in [0.25, 0.3) is 22.2 Å². The van der Waals surface area contributed by atoms with Crippen LogP contribution in [0.3, 0.4) is 0 Å². The second-order valence-corrected chi connectivity index (χ2v) is 11.8. The Balaban J connectivity index is 1.90. The van der Waals surface area contributed by atoms with Gasteiger partial charge >= 0.3 is 6.18 Å². The Morgan fingerprint density at radius 3 is 2.53 bits per heavy atom. The lowest BCUT2D eigenvalue weighted by Gasteiger charge is -2.22. The molecule has 0 amide bonds. The minimum absolute atomic E-state index is 0.149. The van der Waals surface area contributed by atoms with E-state index in [1.807, 2.05) is 25.5 Å². The van der Waals surface area contributed by atoms with Crippen LogP contribution in [0.1, 0.15) is 50.8 Å². The summed E-state index contributed by atoms with van der Waals surface area (Å²) in [7, 11) is -4.10. The van der Waals surface area contributed by atoms with Crippen molar-refractivity contribution in [3.63, 3.8) is 0 Å². The molecule has 1 unspecified atom stereocenters. The minimum atomic E-state index is -4.82. The van der Waals surface area contributed by atoms with E-state index in [1.165, 1.54) is 6.20 Å². The van der Waals surface area contributed by atoms with Crippen LogP contribution in [0.2, 0.25) is 0 Å². The molecule has 1 N–H and O–H groups in total. The van der Waals surface area contributed by atoms with E-state index in [2.05, 4.69) is 11.1 Å². The Morgan fingerprint density at radius 2 is 1.94 bits per heavy atom. The van der Waals surface area contributed by atoms with Crippen LogP contribution in [-0.4, -0.2) is 29.4 Å². The van der Waals surface area contributed by atoms with E-state index in [9.17, 15) is 26.9 Å². The number of nitriles is 1. The summed E-state index contributed by atoms with van der Waals surface area (Å²) in [5, 5.41) is 8.96. The van der Waals surface area contributed by atoms with E-state index >= 15 is 0 Å². The van der Waals surface area contributed by atoms with Gasteiger partial charge in [-0.15, -0.1) is 0 Å². The van der Waals surface area contributed by atoms with E-state index < -0.39 is 27.5 Å². The van der Waals surface area contributed by atoms with Crippen molar-refractivity contribution in [1.82, 2.24) is 14.3 Å². The van der Waals surface area contributed by atoms with Crippen molar-refractivity contribution in [2.75, 3.05) is 0 Å². The zero-order valence-corrected chi connectivity index (χ0v) is 19.8. The average Bonchev–Trinajstić information content (AvgIpc) is 3.55. The van der Waals surface area contributed by atoms with Crippen molar-refractivity contribution >= 4 is 20.9 Å². The normalized spacial score (nSPS) is 15.9. The van der Waals surface area contributed by atoms with Gasteiger partial charge in [0.05, 0.1) is 16.5 Å². The van der Waals surface area contributed by atoms with Gasteiger partial charge < -0.3 is 4.57 Å². The highest BCUT2D eigenvalue weighted by atomic mass is 32.2. The van der Waals surface area contributed by atoms with Crippen molar-refractivity contribution in [2.24, 2.45) is 5.41 Å². The average molecular weight is 491 g/mol. The van der Waals surface area contributed by atoms with Gasteiger partial charge in [0.2, 0.25) is 10.0 Å². The molecule has 6 nitrogen and oxygen atoms in total. The smallest absolute Gasteiger partial charge is 0.347 e. The number of nitrogens with one attached hydrogen (secondary N) is 1. The molecule has 34 heavy (non-hydrogen) atoms. The first-order chi connectivity index (χ1) is 15.8. The zero-order valence-electron chi connectivity index (χ0n) is 19.0. The quantitative estimate of drug-likeness (QED) is 0.508. The lowest BCUT2D eigenvalue weighted by atomic mass is 9.97. The number of benzene rings is 1. The van der Waals surface area contributed by atoms with Crippen molar-refractivity contribution in [1.29, 1.82) is 5.26 Å². The fourth-order valence-corrected chi connectivity index (χ4v) is 5.55. The summed E-state index contributed by atoms with van der Waals surface area (Å²) in [6.45, 7) is 6.30. The molecule has 2 heterocycles. The number of fused-ring (bicyclic) bond motifs is 1. The van der Waals surface area contributed by atoms with E-state index in [4.69, 9.17) is 0 Å². The van der Waals surface area contributed by atoms with Crippen molar-refractivity contribution < 1.29 is 21.6 Å². The molecule has 2 aromatic heterocycles. The molecule has 0 bridgehead atoms. The maximum absolute atomic E-state index is 14.2. The van der Waals surface area contributed by atoms with Crippen LogP contribution in [-0.2, 0) is 16.6 Å². The SMILES string of the molecule is CC(C)(C)Cn1cc(C(NS(=O)(=O)C2CC2)C(F)(F)F)c2ccc(-c3ncccc3C#N)cc21. The molecule has 0 radical (unpaired) electrons. The van der Waals surface area contributed by atoms with E-state index in [-0.39, 0.29) is 11.0 Å². The Bertz CT molecular complexity index is 1380. The van der Waals surface area contributed by atoms with Crippen LogP contribution in [0.4, 0.5) is 13.2 Å². The maximum Gasteiger partial charge on any atom is 0.408 e. The fraction of sp³-hybridized carbons (Fsp3) is 0.417. The molecule has 1 atom stereocenters. The molecule has 1 saturated carbocycles. The molecule has 1 fully saturated rings. The predicted octanol–water partition coefficient (Wildman–Crippen LogP) is 5.31. The number of pyridine rings is 1. The molecule has 0 aliphatic heterocycles. The third-order valence-electron chi connectivity index (χ3n) is 5.64. The maximum atomic E-state index is 14.2.